The third-order valence-corrected chi connectivity index (χ3v) is 3.39. The Morgan fingerprint density at radius 2 is 2.26 bits per heavy atom. The van der Waals surface area contributed by atoms with Gasteiger partial charge in [-0.15, -0.1) is 0 Å². The summed E-state index contributed by atoms with van der Waals surface area (Å²) >= 11 is 0. The highest BCUT2D eigenvalue weighted by molar-refractivity contribution is 5.77. The summed E-state index contributed by atoms with van der Waals surface area (Å²) in [5, 5.41) is 8.99. The average Bonchev–Trinajstić information content (AvgIpc) is 2.70. The Kier molecular flexibility index (Phi) is 3.61. The van der Waals surface area contributed by atoms with Gasteiger partial charge < -0.3 is 9.32 Å². The molecule has 0 spiro atoms. The summed E-state index contributed by atoms with van der Waals surface area (Å²) in [5.74, 6) is -0.359. The van der Waals surface area contributed by atoms with Gasteiger partial charge in [-0.3, -0.25) is 4.57 Å². The van der Waals surface area contributed by atoms with E-state index in [1.807, 2.05) is 37.1 Å². The van der Waals surface area contributed by atoms with Gasteiger partial charge in [-0.2, -0.15) is 5.26 Å². The Balaban J connectivity index is 2.31. The Labute approximate surface area is 111 Å². The first-order valence-corrected chi connectivity index (χ1v) is 6.27. The van der Waals surface area contributed by atoms with Gasteiger partial charge in [0.15, 0.2) is 5.58 Å². The van der Waals surface area contributed by atoms with Gasteiger partial charge in [-0.1, -0.05) is 6.92 Å². The Morgan fingerprint density at radius 3 is 2.89 bits per heavy atom. The van der Waals surface area contributed by atoms with E-state index in [1.165, 1.54) is 4.57 Å². The van der Waals surface area contributed by atoms with Crippen molar-refractivity contribution >= 4 is 16.8 Å². The maximum Gasteiger partial charge on any atom is 0.419 e. The fourth-order valence-electron chi connectivity index (χ4n) is 2.06. The molecule has 100 valence electrons. The minimum atomic E-state index is -0.363. The number of nitrogens with zero attached hydrogens (tertiary/aromatic N) is 3. The lowest BCUT2D eigenvalue weighted by atomic mass is 10.1. The van der Waals surface area contributed by atoms with Crippen molar-refractivity contribution in [2.75, 3.05) is 18.5 Å². The van der Waals surface area contributed by atoms with Crippen molar-refractivity contribution in [3.63, 3.8) is 0 Å². The second-order valence-corrected chi connectivity index (χ2v) is 4.69. The highest BCUT2D eigenvalue weighted by Gasteiger charge is 2.12. The molecule has 0 N–H and O–H groups in total. The van der Waals surface area contributed by atoms with E-state index in [-0.39, 0.29) is 11.7 Å². The number of rotatable bonds is 4. The summed E-state index contributed by atoms with van der Waals surface area (Å²) in [5.41, 5.74) is 2.28. The van der Waals surface area contributed by atoms with Crippen LogP contribution in [-0.4, -0.2) is 18.2 Å². The molecular formula is C14H17N3O2. The van der Waals surface area contributed by atoms with Crippen LogP contribution >= 0.6 is 0 Å². The largest absolute Gasteiger partial charge is 0.419 e. The van der Waals surface area contributed by atoms with Crippen LogP contribution in [0.15, 0.2) is 27.4 Å². The van der Waals surface area contributed by atoms with Crippen LogP contribution in [0.5, 0.6) is 0 Å². The first kappa shape index (κ1) is 13.2. The quantitative estimate of drug-likeness (QED) is 0.843. The van der Waals surface area contributed by atoms with Crippen LogP contribution in [0.1, 0.15) is 13.3 Å². The van der Waals surface area contributed by atoms with E-state index in [9.17, 15) is 4.79 Å². The average molecular weight is 259 g/mol. The predicted octanol–water partition coefficient (Wildman–Crippen LogP) is 2.12. The summed E-state index contributed by atoms with van der Waals surface area (Å²) in [6.45, 7) is 2.66. The van der Waals surface area contributed by atoms with Gasteiger partial charge in [0.25, 0.3) is 0 Å². The van der Waals surface area contributed by atoms with E-state index in [0.29, 0.717) is 12.1 Å². The molecular weight excluding hydrogens is 242 g/mol. The molecule has 0 saturated carbocycles. The molecule has 19 heavy (non-hydrogen) atoms. The van der Waals surface area contributed by atoms with Crippen molar-refractivity contribution in [2.24, 2.45) is 13.0 Å². The van der Waals surface area contributed by atoms with Crippen LogP contribution in [0.25, 0.3) is 11.1 Å². The number of hydrogen-bond donors (Lipinski definition) is 0. The van der Waals surface area contributed by atoms with Crippen molar-refractivity contribution < 1.29 is 4.42 Å². The molecule has 0 aliphatic carbocycles. The molecule has 0 radical (unpaired) electrons. The number of oxazole rings is 1. The maximum absolute atomic E-state index is 11.4. The zero-order chi connectivity index (χ0) is 14.0. The summed E-state index contributed by atoms with van der Waals surface area (Å²) in [7, 11) is 3.61. The van der Waals surface area contributed by atoms with Crippen LogP contribution in [0.4, 0.5) is 5.69 Å². The zero-order valence-electron chi connectivity index (χ0n) is 11.4. The highest BCUT2D eigenvalue weighted by atomic mass is 16.4. The van der Waals surface area contributed by atoms with Crippen LogP contribution < -0.4 is 10.7 Å². The van der Waals surface area contributed by atoms with Crippen molar-refractivity contribution in [1.29, 1.82) is 5.26 Å². The minimum absolute atomic E-state index is 0.00322. The molecule has 0 amide bonds. The summed E-state index contributed by atoms with van der Waals surface area (Å²) < 4.78 is 6.64. The number of aryl methyl sites for hydroxylation is 1. The molecule has 1 aromatic carbocycles. The standard InChI is InChI=1S/C14H17N3O2/c1-4-10(8-15)9-16(2)11-5-6-12-13(7-11)19-14(18)17(12)3/h5-7,10H,4,9H2,1-3H3. The molecule has 0 aliphatic rings. The molecule has 1 heterocycles. The van der Waals surface area contributed by atoms with Crippen molar-refractivity contribution in [2.45, 2.75) is 13.3 Å². The van der Waals surface area contributed by atoms with Gasteiger partial charge in [-0.05, 0) is 18.6 Å². The van der Waals surface area contributed by atoms with E-state index < -0.39 is 0 Å². The molecule has 2 rings (SSSR count). The van der Waals surface area contributed by atoms with E-state index in [0.717, 1.165) is 17.6 Å². The monoisotopic (exact) mass is 259 g/mol. The van der Waals surface area contributed by atoms with Gasteiger partial charge in [-0.25, -0.2) is 4.79 Å². The molecule has 0 fully saturated rings. The summed E-state index contributed by atoms with van der Waals surface area (Å²) in [6, 6.07) is 7.91. The molecule has 2 aromatic rings. The molecule has 0 saturated heterocycles. The number of benzene rings is 1. The van der Waals surface area contributed by atoms with E-state index in [1.54, 1.807) is 7.05 Å². The first-order chi connectivity index (χ1) is 9.06. The van der Waals surface area contributed by atoms with Gasteiger partial charge in [0, 0.05) is 32.4 Å². The van der Waals surface area contributed by atoms with Crippen molar-refractivity contribution in [3.8, 4) is 6.07 Å². The second kappa shape index (κ2) is 5.19. The number of fused-ring (bicyclic) bond motifs is 1. The summed E-state index contributed by atoms with van der Waals surface area (Å²) in [6.07, 6.45) is 0.823. The number of nitriles is 1. The number of hydrogen-bond acceptors (Lipinski definition) is 4. The molecule has 0 aliphatic heterocycles. The van der Waals surface area contributed by atoms with Crippen LogP contribution in [0.3, 0.4) is 0 Å². The third kappa shape index (κ3) is 2.48. The molecule has 5 heteroatoms. The number of aromatic nitrogens is 1. The normalized spacial score (nSPS) is 12.3. The molecule has 1 atom stereocenters. The lowest BCUT2D eigenvalue weighted by molar-refractivity contribution is 0.528. The van der Waals surface area contributed by atoms with Gasteiger partial charge in [0.2, 0.25) is 0 Å². The summed E-state index contributed by atoms with van der Waals surface area (Å²) in [4.78, 5) is 13.4. The van der Waals surface area contributed by atoms with Crippen LogP contribution in [-0.2, 0) is 7.05 Å². The van der Waals surface area contributed by atoms with Crippen LogP contribution in [0, 0.1) is 17.2 Å². The Morgan fingerprint density at radius 1 is 1.53 bits per heavy atom. The molecule has 5 nitrogen and oxygen atoms in total. The van der Waals surface area contributed by atoms with E-state index in [2.05, 4.69) is 6.07 Å². The fraction of sp³-hybridized carbons (Fsp3) is 0.429. The number of anilines is 1. The van der Waals surface area contributed by atoms with Gasteiger partial charge in [0.1, 0.15) is 0 Å². The third-order valence-electron chi connectivity index (χ3n) is 3.39. The molecule has 1 unspecified atom stereocenters. The smallest absolute Gasteiger partial charge is 0.408 e. The van der Waals surface area contributed by atoms with E-state index >= 15 is 0 Å². The maximum atomic E-state index is 11.4. The lowest BCUT2D eigenvalue weighted by Gasteiger charge is -2.21. The van der Waals surface area contributed by atoms with Crippen LogP contribution in [0.2, 0.25) is 0 Å². The van der Waals surface area contributed by atoms with Gasteiger partial charge >= 0.3 is 5.76 Å². The topological polar surface area (TPSA) is 62.2 Å². The SMILES string of the molecule is CCC(C#N)CN(C)c1ccc2c(c1)oc(=O)n2C. The fourth-order valence-corrected chi connectivity index (χ4v) is 2.06. The first-order valence-electron chi connectivity index (χ1n) is 6.27. The second-order valence-electron chi connectivity index (χ2n) is 4.69. The molecule has 0 bridgehead atoms. The van der Waals surface area contributed by atoms with Crippen molar-refractivity contribution in [3.05, 3.63) is 28.7 Å². The van der Waals surface area contributed by atoms with Gasteiger partial charge in [0.05, 0.1) is 17.5 Å². The van der Waals surface area contributed by atoms with Crippen molar-refractivity contribution in [1.82, 2.24) is 4.57 Å². The zero-order valence-corrected chi connectivity index (χ0v) is 11.4. The Bertz CT molecular complexity index is 678. The lowest BCUT2D eigenvalue weighted by Crippen LogP contribution is -2.24. The highest BCUT2D eigenvalue weighted by Crippen LogP contribution is 2.21. The predicted molar refractivity (Wildman–Crippen MR) is 74.1 cm³/mol. The van der Waals surface area contributed by atoms with E-state index in [4.69, 9.17) is 9.68 Å². The molecule has 1 aromatic heterocycles. The minimum Gasteiger partial charge on any atom is -0.408 e. The Hall–Kier alpha value is -2.22.